The van der Waals surface area contributed by atoms with Crippen molar-refractivity contribution in [2.75, 3.05) is 39.8 Å². The summed E-state index contributed by atoms with van der Waals surface area (Å²) in [7, 11) is 1.42. The average Bonchev–Trinajstić information content (AvgIpc) is 2.44. The molecule has 0 radical (unpaired) electrons. The van der Waals surface area contributed by atoms with Crippen molar-refractivity contribution in [1.82, 2.24) is 10.2 Å². The summed E-state index contributed by atoms with van der Waals surface area (Å²) in [6, 6.07) is 1.72. The number of hydrogen-bond donors (Lipinski definition) is 2. The number of phenolic OH excluding ortho intramolecular Hbond substituents is 1. The summed E-state index contributed by atoms with van der Waals surface area (Å²) in [5.74, 6) is -0.967. The number of methoxy groups -OCH3 is 1. The third kappa shape index (κ3) is 3.38. The monoisotopic (exact) mass is 332 g/mol. The van der Waals surface area contributed by atoms with Crippen LogP contribution in [0.25, 0.3) is 0 Å². The summed E-state index contributed by atoms with van der Waals surface area (Å²) in [6.07, 6.45) is 0.693. The van der Waals surface area contributed by atoms with Crippen LogP contribution in [0.15, 0.2) is 10.5 Å². The van der Waals surface area contributed by atoms with Gasteiger partial charge in [-0.3, -0.25) is 0 Å². The molecule has 1 heterocycles. The molecule has 0 saturated carbocycles. The lowest BCUT2D eigenvalue weighted by molar-refractivity contribution is 0.242. The van der Waals surface area contributed by atoms with Gasteiger partial charge in [0.2, 0.25) is 5.82 Å². The van der Waals surface area contributed by atoms with E-state index in [0.29, 0.717) is 10.9 Å². The highest BCUT2D eigenvalue weighted by Crippen LogP contribution is 2.36. The van der Waals surface area contributed by atoms with Crippen molar-refractivity contribution >= 4 is 15.9 Å². The number of halogens is 2. The minimum Gasteiger partial charge on any atom is -0.504 e. The van der Waals surface area contributed by atoms with Crippen LogP contribution in [-0.4, -0.2) is 49.8 Å². The molecule has 2 N–H and O–H groups in total. The molecule has 0 unspecified atom stereocenters. The Labute approximate surface area is 120 Å². The smallest absolute Gasteiger partial charge is 0.208 e. The Balaban J connectivity index is 2.10. The van der Waals surface area contributed by atoms with Crippen LogP contribution in [0, 0.1) is 5.82 Å². The predicted molar refractivity (Wildman–Crippen MR) is 75.3 cm³/mol. The van der Waals surface area contributed by atoms with Gasteiger partial charge in [-0.1, -0.05) is 0 Å². The van der Waals surface area contributed by atoms with E-state index in [9.17, 15) is 9.50 Å². The molecule has 1 aliphatic heterocycles. The average molecular weight is 333 g/mol. The molecular weight excluding hydrogens is 315 g/mol. The highest BCUT2D eigenvalue weighted by molar-refractivity contribution is 9.10. The van der Waals surface area contributed by atoms with Crippen LogP contribution >= 0.6 is 15.9 Å². The van der Waals surface area contributed by atoms with Crippen LogP contribution in [0.1, 0.15) is 5.56 Å². The van der Waals surface area contributed by atoms with Gasteiger partial charge in [0.05, 0.1) is 11.6 Å². The molecule has 1 aromatic carbocycles. The van der Waals surface area contributed by atoms with E-state index >= 15 is 0 Å². The van der Waals surface area contributed by atoms with E-state index in [-0.39, 0.29) is 5.75 Å². The summed E-state index contributed by atoms with van der Waals surface area (Å²) in [6.45, 7) is 4.85. The molecule has 0 amide bonds. The van der Waals surface area contributed by atoms with Crippen LogP contribution in [0.3, 0.4) is 0 Å². The lowest BCUT2D eigenvalue weighted by Crippen LogP contribution is -2.44. The molecule has 0 aromatic heterocycles. The number of hydrogen-bond acceptors (Lipinski definition) is 4. The van der Waals surface area contributed by atoms with Crippen LogP contribution in [0.2, 0.25) is 0 Å². The quantitative estimate of drug-likeness (QED) is 0.881. The first-order valence-electron chi connectivity index (χ1n) is 6.30. The second kappa shape index (κ2) is 6.54. The van der Waals surface area contributed by atoms with E-state index in [1.807, 2.05) is 0 Å². The van der Waals surface area contributed by atoms with Crippen molar-refractivity contribution in [2.45, 2.75) is 6.42 Å². The van der Waals surface area contributed by atoms with Crippen LogP contribution < -0.4 is 10.1 Å². The maximum atomic E-state index is 13.9. The Morgan fingerprint density at radius 3 is 2.79 bits per heavy atom. The van der Waals surface area contributed by atoms with Crippen LogP contribution in [0.4, 0.5) is 4.39 Å². The van der Waals surface area contributed by atoms with Gasteiger partial charge in [0.1, 0.15) is 0 Å². The highest BCUT2D eigenvalue weighted by Gasteiger charge is 2.18. The number of ether oxygens (including phenoxy) is 1. The van der Waals surface area contributed by atoms with E-state index in [4.69, 9.17) is 4.74 Å². The third-order valence-electron chi connectivity index (χ3n) is 3.34. The van der Waals surface area contributed by atoms with Crippen LogP contribution in [0.5, 0.6) is 11.5 Å². The Hall–Kier alpha value is -0.850. The fourth-order valence-electron chi connectivity index (χ4n) is 2.26. The SMILES string of the molecule is COc1c(CCN2CCNCC2)cc(Br)c(O)c1F. The van der Waals surface area contributed by atoms with E-state index in [0.717, 1.165) is 38.3 Å². The largest absolute Gasteiger partial charge is 0.504 e. The lowest BCUT2D eigenvalue weighted by atomic mass is 10.1. The zero-order chi connectivity index (χ0) is 13.8. The number of nitrogens with one attached hydrogen (secondary N) is 1. The normalized spacial score (nSPS) is 16.6. The molecule has 1 fully saturated rings. The summed E-state index contributed by atoms with van der Waals surface area (Å²) in [4.78, 5) is 2.33. The number of benzene rings is 1. The lowest BCUT2D eigenvalue weighted by Gasteiger charge is -2.27. The van der Waals surface area contributed by atoms with Crippen molar-refractivity contribution in [3.05, 3.63) is 21.9 Å². The Morgan fingerprint density at radius 1 is 1.47 bits per heavy atom. The van der Waals surface area contributed by atoms with E-state index in [1.165, 1.54) is 7.11 Å². The summed E-state index contributed by atoms with van der Waals surface area (Å²) < 4.78 is 19.3. The molecule has 1 aromatic rings. The second-order valence-corrected chi connectivity index (χ2v) is 5.41. The van der Waals surface area contributed by atoms with Crippen LogP contribution in [-0.2, 0) is 6.42 Å². The maximum absolute atomic E-state index is 13.9. The molecule has 0 aliphatic carbocycles. The molecule has 0 bridgehead atoms. The predicted octanol–water partition coefficient (Wildman–Crippen LogP) is 1.75. The van der Waals surface area contributed by atoms with Gasteiger partial charge in [-0.05, 0) is 34.0 Å². The molecule has 0 atom stereocenters. The standard InChI is InChI=1S/C13H18BrFN2O2/c1-19-13-9(8-10(14)12(18)11(13)15)2-5-17-6-3-16-4-7-17/h8,16,18H,2-7H2,1H3. The van der Waals surface area contributed by atoms with Gasteiger partial charge in [-0.2, -0.15) is 4.39 Å². The van der Waals surface area contributed by atoms with Gasteiger partial charge < -0.3 is 20.1 Å². The Kier molecular flexibility index (Phi) is 5.01. The molecule has 0 spiro atoms. The Bertz CT molecular complexity index is 451. The first-order valence-corrected chi connectivity index (χ1v) is 7.09. The molecule has 2 rings (SSSR count). The Morgan fingerprint density at radius 2 is 2.16 bits per heavy atom. The number of phenols is 1. The maximum Gasteiger partial charge on any atom is 0.208 e. The highest BCUT2D eigenvalue weighted by atomic mass is 79.9. The number of aromatic hydroxyl groups is 1. The van der Waals surface area contributed by atoms with Gasteiger partial charge in [0, 0.05) is 32.7 Å². The molecule has 19 heavy (non-hydrogen) atoms. The zero-order valence-electron chi connectivity index (χ0n) is 10.9. The second-order valence-electron chi connectivity index (χ2n) is 4.55. The first kappa shape index (κ1) is 14.6. The minimum absolute atomic E-state index is 0.135. The topological polar surface area (TPSA) is 44.7 Å². The van der Waals surface area contributed by atoms with Gasteiger partial charge in [-0.25, -0.2) is 0 Å². The molecule has 106 valence electrons. The zero-order valence-corrected chi connectivity index (χ0v) is 12.5. The summed E-state index contributed by atoms with van der Waals surface area (Å²) >= 11 is 3.16. The molecule has 6 heteroatoms. The van der Waals surface area contributed by atoms with Crippen molar-refractivity contribution in [3.8, 4) is 11.5 Å². The number of rotatable bonds is 4. The number of piperazine rings is 1. The molecule has 1 aliphatic rings. The van der Waals surface area contributed by atoms with Crippen molar-refractivity contribution in [2.24, 2.45) is 0 Å². The van der Waals surface area contributed by atoms with Crippen molar-refractivity contribution in [1.29, 1.82) is 0 Å². The van der Waals surface area contributed by atoms with E-state index < -0.39 is 11.6 Å². The van der Waals surface area contributed by atoms with Gasteiger partial charge in [0.25, 0.3) is 0 Å². The molecular formula is C13H18BrFN2O2. The van der Waals surface area contributed by atoms with Crippen molar-refractivity contribution < 1.29 is 14.2 Å². The van der Waals surface area contributed by atoms with E-state index in [1.54, 1.807) is 6.07 Å². The van der Waals surface area contributed by atoms with E-state index in [2.05, 4.69) is 26.1 Å². The molecule has 1 saturated heterocycles. The fraction of sp³-hybridized carbons (Fsp3) is 0.538. The van der Waals surface area contributed by atoms with Gasteiger partial charge >= 0.3 is 0 Å². The number of nitrogens with zero attached hydrogens (tertiary/aromatic N) is 1. The van der Waals surface area contributed by atoms with Crippen molar-refractivity contribution in [3.63, 3.8) is 0 Å². The van der Waals surface area contributed by atoms with Gasteiger partial charge in [0.15, 0.2) is 11.5 Å². The first-order chi connectivity index (χ1) is 9.13. The minimum atomic E-state index is -0.702. The fourth-order valence-corrected chi connectivity index (χ4v) is 2.71. The third-order valence-corrected chi connectivity index (χ3v) is 3.94. The molecule has 4 nitrogen and oxygen atoms in total. The summed E-state index contributed by atoms with van der Waals surface area (Å²) in [5, 5.41) is 12.8. The summed E-state index contributed by atoms with van der Waals surface area (Å²) in [5.41, 5.74) is 0.767. The van der Waals surface area contributed by atoms with Gasteiger partial charge in [-0.15, -0.1) is 0 Å².